The molecule has 0 aliphatic rings. The zero-order valence-corrected chi connectivity index (χ0v) is 8.86. The van der Waals surface area contributed by atoms with Gasteiger partial charge in [0.2, 0.25) is 0 Å². The van der Waals surface area contributed by atoms with Crippen LogP contribution in [0, 0.1) is 0 Å². The first kappa shape index (κ1) is 11.5. The second-order valence-electron chi connectivity index (χ2n) is 3.63. The lowest BCUT2D eigenvalue weighted by molar-refractivity contribution is -0.137. The average Bonchev–Trinajstić information content (AvgIpc) is 2.63. The van der Waals surface area contributed by atoms with Crippen molar-refractivity contribution in [2.45, 2.75) is 6.18 Å². The molecule has 0 unspecified atom stereocenters. The van der Waals surface area contributed by atoms with Gasteiger partial charge in [0.25, 0.3) is 0 Å². The second kappa shape index (κ2) is 3.80. The van der Waals surface area contributed by atoms with E-state index in [0.29, 0.717) is 11.6 Å². The Morgan fingerprint density at radius 3 is 2.53 bits per heavy atom. The molecule has 0 saturated heterocycles. The number of halogens is 3. The zero-order valence-electron chi connectivity index (χ0n) is 8.86. The van der Waals surface area contributed by atoms with E-state index in [1.54, 1.807) is 7.05 Å². The summed E-state index contributed by atoms with van der Waals surface area (Å²) in [7, 11) is 1.62. The van der Waals surface area contributed by atoms with Gasteiger partial charge in [0.1, 0.15) is 5.75 Å². The lowest BCUT2D eigenvalue weighted by atomic mass is 10.0. The largest absolute Gasteiger partial charge is 0.508 e. The van der Waals surface area contributed by atoms with E-state index in [2.05, 4.69) is 5.10 Å². The van der Waals surface area contributed by atoms with Crippen LogP contribution in [0.4, 0.5) is 13.2 Å². The number of hydrogen-bond acceptors (Lipinski definition) is 2. The summed E-state index contributed by atoms with van der Waals surface area (Å²) in [6.07, 6.45) is -1.67. The number of aryl methyl sites for hydroxylation is 1. The number of benzene rings is 1. The topological polar surface area (TPSA) is 38.0 Å². The van der Waals surface area contributed by atoms with Gasteiger partial charge in [-0.1, -0.05) is 0 Å². The van der Waals surface area contributed by atoms with Crippen molar-refractivity contribution in [1.29, 1.82) is 0 Å². The summed E-state index contributed by atoms with van der Waals surface area (Å²) < 4.78 is 39.8. The van der Waals surface area contributed by atoms with Crippen molar-refractivity contribution in [1.82, 2.24) is 9.78 Å². The lowest BCUT2D eigenvalue weighted by Gasteiger charge is -2.11. The van der Waals surface area contributed by atoms with Crippen LogP contribution in [-0.4, -0.2) is 14.9 Å². The van der Waals surface area contributed by atoms with Crippen molar-refractivity contribution in [3.05, 3.63) is 36.2 Å². The fourth-order valence-electron chi connectivity index (χ4n) is 1.58. The van der Waals surface area contributed by atoms with E-state index in [1.807, 2.05) is 0 Å². The molecule has 0 atom stereocenters. The number of phenolic OH excluding ortho intramolecular Hbond substituents is 1. The van der Waals surface area contributed by atoms with Crippen molar-refractivity contribution in [3.63, 3.8) is 0 Å². The minimum absolute atomic E-state index is 0.00315. The van der Waals surface area contributed by atoms with Crippen molar-refractivity contribution in [2.24, 2.45) is 7.05 Å². The first-order valence-electron chi connectivity index (χ1n) is 4.77. The molecule has 0 aliphatic carbocycles. The summed E-state index contributed by atoms with van der Waals surface area (Å²) in [6.45, 7) is 0. The highest BCUT2D eigenvalue weighted by molar-refractivity contribution is 5.67. The number of aromatic hydroxyl groups is 1. The number of aromatic nitrogens is 2. The van der Waals surface area contributed by atoms with E-state index in [4.69, 9.17) is 5.11 Å². The van der Waals surface area contributed by atoms with Crippen LogP contribution in [0.2, 0.25) is 0 Å². The molecule has 0 spiro atoms. The highest BCUT2D eigenvalue weighted by Gasteiger charge is 2.34. The first-order valence-corrected chi connectivity index (χ1v) is 4.77. The summed E-state index contributed by atoms with van der Waals surface area (Å²) in [4.78, 5) is 0. The number of nitrogens with zero attached hydrogens (tertiary/aromatic N) is 2. The molecule has 3 nitrogen and oxygen atoms in total. The molecule has 1 N–H and O–H groups in total. The smallest absolute Gasteiger partial charge is 0.417 e. The molecule has 0 fully saturated rings. The Bertz CT molecular complexity index is 546. The Kier molecular flexibility index (Phi) is 2.57. The van der Waals surface area contributed by atoms with Gasteiger partial charge < -0.3 is 5.11 Å². The van der Waals surface area contributed by atoms with Crippen LogP contribution in [0.25, 0.3) is 11.1 Å². The fraction of sp³-hybridized carbons (Fsp3) is 0.182. The van der Waals surface area contributed by atoms with Crippen LogP contribution in [0.5, 0.6) is 5.75 Å². The van der Waals surface area contributed by atoms with E-state index < -0.39 is 17.5 Å². The quantitative estimate of drug-likeness (QED) is 0.835. The minimum Gasteiger partial charge on any atom is -0.508 e. The summed E-state index contributed by atoms with van der Waals surface area (Å²) in [5.74, 6) is -0.412. The minimum atomic E-state index is -4.51. The molecule has 90 valence electrons. The maximum atomic E-state index is 12.8. The third kappa shape index (κ3) is 2.25. The molecule has 0 amide bonds. The van der Waals surface area contributed by atoms with E-state index in [9.17, 15) is 13.2 Å². The highest BCUT2D eigenvalue weighted by atomic mass is 19.4. The maximum Gasteiger partial charge on any atom is 0.417 e. The first-order chi connectivity index (χ1) is 7.88. The Balaban J connectivity index is 2.61. The van der Waals surface area contributed by atoms with Crippen LogP contribution in [0.3, 0.4) is 0 Å². The zero-order chi connectivity index (χ0) is 12.6. The molecular formula is C11H9F3N2O. The molecule has 6 heteroatoms. The summed E-state index contributed by atoms with van der Waals surface area (Å²) >= 11 is 0. The van der Waals surface area contributed by atoms with Crippen molar-refractivity contribution in [2.75, 3.05) is 0 Å². The van der Waals surface area contributed by atoms with E-state index in [0.717, 1.165) is 0 Å². The van der Waals surface area contributed by atoms with Crippen LogP contribution in [-0.2, 0) is 13.2 Å². The van der Waals surface area contributed by atoms with Gasteiger partial charge >= 0.3 is 6.18 Å². The normalized spacial score (nSPS) is 11.8. The third-order valence-corrected chi connectivity index (χ3v) is 2.32. The van der Waals surface area contributed by atoms with Gasteiger partial charge in [0.05, 0.1) is 11.8 Å². The number of alkyl halides is 3. The van der Waals surface area contributed by atoms with Gasteiger partial charge in [-0.25, -0.2) is 0 Å². The molecule has 0 bridgehead atoms. The molecule has 1 aromatic carbocycles. The second-order valence-corrected chi connectivity index (χ2v) is 3.63. The fourth-order valence-corrected chi connectivity index (χ4v) is 1.58. The Morgan fingerprint density at radius 1 is 1.29 bits per heavy atom. The SMILES string of the molecule is Cn1cc(-c2ccc(O)cc2C(F)(F)F)cn1. The monoisotopic (exact) mass is 242 g/mol. The molecule has 1 heterocycles. The van der Waals surface area contributed by atoms with Crippen LogP contribution < -0.4 is 0 Å². The average molecular weight is 242 g/mol. The van der Waals surface area contributed by atoms with E-state index in [-0.39, 0.29) is 5.56 Å². The van der Waals surface area contributed by atoms with Gasteiger partial charge in [-0.2, -0.15) is 18.3 Å². The Morgan fingerprint density at radius 2 is 2.00 bits per heavy atom. The summed E-state index contributed by atoms with van der Waals surface area (Å²) in [6, 6.07) is 3.16. The Hall–Kier alpha value is -1.98. The molecular weight excluding hydrogens is 233 g/mol. The van der Waals surface area contributed by atoms with Gasteiger partial charge in [-0.15, -0.1) is 0 Å². The molecule has 1 aromatic heterocycles. The van der Waals surface area contributed by atoms with Crippen LogP contribution in [0.1, 0.15) is 5.56 Å². The van der Waals surface area contributed by atoms with Gasteiger partial charge in [-0.3, -0.25) is 4.68 Å². The molecule has 0 aliphatic heterocycles. The number of phenols is 1. The van der Waals surface area contributed by atoms with Gasteiger partial charge in [0, 0.05) is 18.8 Å². The standard InChI is InChI=1S/C11H9F3N2O/c1-16-6-7(5-15-16)9-3-2-8(17)4-10(9)11(12,13)14/h2-6,17H,1H3. The number of rotatable bonds is 1. The van der Waals surface area contributed by atoms with Crippen LogP contribution >= 0.6 is 0 Å². The predicted octanol–water partition coefficient (Wildman–Crippen LogP) is 2.81. The third-order valence-electron chi connectivity index (χ3n) is 2.32. The molecule has 17 heavy (non-hydrogen) atoms. The van der Waals surface area contributed by atoms with E-state index >= 15 is 0 Å². The molecule has 0 radical (unpaired) electrons. The summed E-state index contributed by atoms with van der Waals surface area (Å²) in [5, 5.41) is 13.0. The highest BCUT2D eigenvalue weighted by Crippen LogP contribution is 2.38. The van der Waals surface area contributed by atoms with E-state index in [1.165, 1.54) is 29.2 Å². The summed E-state index contributed by atoms with van der Waals surface area (Å²) in [5.41, 5.74) is -0.506. The predicted molar refractivity (Wildman–Crippen MR) is 55.3 cm³/mol. The van der Waals surface area contributed by atoms with Crippen molar-refractivity contribution >= 4 is 0 Å². The van der Waals surface area contributed by atoms with Crippen molar-refractivity contribution in [3.8, 4) is 16.9 Å². The van der Waals surface area contributed by atoms with Crippen molar-refractivity contribution < 1.29 is 18.3 Å². The van der Waals surface area contributed by atoms with Gasteiger partial charge in [-0.05, 0) is 23.8 Å². The maximum absolute atomic E-state index is 12.8. The Labute approximate surface area is 95.1 Å². The number of hydrogen-bond donors (Lipinski definition) is 1. The molecule has 0 saturated carbocycles. The molecule has 2 rings (SSSR count). The van der Waals surface area contributed by atoms with Gasteiger partial charge in [0.15, 0.2) is 0 Å². The lowest BCUT2D eigenvalue weighted by Crippen LogP contribution is -2.06. The molecule has 2 aromatic rings. The van der Waals surface area contributed by atoms with Crippen LogP contribution in [0.15, 0.2) is 30.6 Å².